The summed E-state index contributed by atoms with van der Waals surface area (Å²) < 4.78 is 39.5. The van der Waals surface area contributed by atoms with Crippen molar-refractivity contribution in [1.82, 2.24) is 0 Å². The van der Waals surface area contributed by atoms with Crippen LogP contribution in [0.1, 0.15) is 13.8 Å². The molecule has 0 bridgehead atoms. The van der Waals surface area contributed by atoms with Crippen LogP contribution in [-0.4, -0.2) is 17.0 Å². The van der Waals surface area contributed by atoms with Crippen LogP contribution < -0.4 is 5.32 Å². The second-order valence-corrected chi connectivity index (χ2v) is 5.35. The molecular weight excluding hydrogens is 275 g/mol. The first-order valence-corrected chi connectivity index (χ1v) is 5.84. The molecule has 2 rings (SSSR count). The van der Waals surface area contributed by atoms with Crippen molar-refractivity contribution >= 4 is 17.6 Å². The molecule has 0 heterocycles. The zero-order chi connectivity index (χ0) is 15.2. The van der Waals surface area contributed by atoms with E-state index in [9.17, 15) is 22.8 Å². The van der Waals surface area contributed by atoms with Gasteiger partial charge in [-0.05, 0) is 5.41 Å². The Morgan fingerprint density at radius 1 is 1.15 bits per heavy atom. The normalized spacial score (nSPS) is 23.2. The van der Waals surface area contributed by atoms with Gasteiger partial charge >= 0.3 is 5.97 Å². The monoisotopic (exact) mass is 287 g/mol. The Hall–Kier alpha value is -2.05. The van der Waals surface area contributed by atoms with Gasteiger partial charge in [-0.3, -0.25) is 9.59 Å². The Morgan fingerprint density at radius 2 is 1.65 bits per heavy atom. The highest BCUT2D eigenvalue weighted by Crippen LogP contribution is 2.58. The fourth-order valence-electron chi connectivity index (χ4n) is 2.45. The van der Waals surface area contributed by atoms with E-state index in [1.165, 1.54) is 0 Å². The van der Waals surface area contributed by atoms with Gasteiger partial charge in [0.2, 0.25) is 5.91 Å². The lowest BCUT2D eigenvalue weighted by Gasteiger charge is -2.08. The maximum Gasteiger partial charge on any atom is 0.307 e. The minimum Gasteiger partial charge on any atom is -0.481 e. The molecule has 1 amide bonds. The second-order valence-electron chi connectivity index (χ2n) is 5.35. The minimum atomic E-state index is -1.25. The molecule has 1 aliphatic rings. The number of carboxylic acids is 1. The predicted molar refractivity (Wildman–Crippen MR) is 63.3 cm³/mol. The van der Waals surface area contributed by atoms with Crippen molar-refractivity contribution < 1.29 is 27.9 Å². The van der Waals surface area contributed by atoms with Gasteiger partial charge in [-0.25, -0.2) is 13.2 Å². The first kappa shape index (κ1) is 14.4. The van der Waals surface area contributed by atoms with Crippen molar-refractivity contribution in [2.75, 3.05) is 5.32 Å². The van der Waals surface area contributed by atoms with Crippen LogP contribution in [0.15, 0.2) is 12.1 Å². The van der Waals surface area contributed by atoms with E-state index in [4.69, 9.17) is 5.11 Å². The molecule has 2 N–H and O–H groups in total. The molecule has 0 aliphatic heterocycles. The van der Waals surface area contributed by atoms with Gasteiger partial charge in [0.1, 0.15) is 11.5 Å². The van der Waals surface area contributed by atoms with Crippen molar-refractivity contribution in [3.05, 3.63) is 29.6 Å². The molecular formula is C13H12F3NO3. The molecule has 0 aromatic heterocycles. The van der Waals surface area contributed by atoms with E-state index < -0.39 is 52.3 Å². The number of aliphatic carboxylic acids is 1. The molecule has 1 fully saturated rings. The van der Waals surface area contributed by atoms with E-state index in [1.54, 1.807) is 13.8 Å². The molecule has 1 aliphatic carbocycles. The molecule has 0 saturated heterocycles. The lowest BCUT2D eigenvalue weighted by molar-refractivity contribution is -0.140. The lowest BCUT2D eigenvalue weighted by Crippen LogP contribution is -2.19. The largest absolute Gasteiger partial charge is 0.481 e. The van der Waals surface area contributed by atoms with Gasteiger partial charge < -0.3 is 10.4 Å². The summed E-state index contributed by atoms with van der Waals surface area (Å²) in [5.74, 6) is -7.34. The number of benzene rings is 1. The van der Waals surface area contributed by atoms with Crippen LogP contribution in [0.5, 0.6) is 0 Å². The Kier molecular flexibility index (Phi) is 3.23. The number of hydrogen-bond acceptors (Lipinski definition) is 2. The number of hydrogen-bond donors (Lipinski definition) is 2. The van der Waals surface area contributed by atoms with E-state index in [2.05, 4.69) is 0 Å². The van der Waals surface area contributed by atoms with Gasteiger partial charge in [0, 0.05) is 12.1 Å². The zero-order valence-corrected chi connectivity index (χ0v) is 10.7. The summed E-state index contributed by atoms with van der Waals surface area (Å²) >= 11 is 0. The Bertz CT molecular complexity index is 578. The third-order valence-corrected chi connectivity index (χ3v) is 3.63. The second kappa shape index (κ2) is 4.50. The van der Waals surface area contributed by atoms with E-state index in [-0.39, 0.29) is 0 Å². The summed E-state index contributed by atoms with van der Waals surface area (Å²) in [5, 5.41) is 10.9. The topological polar surface area (TPSA) is 66.4 Å². The number of anilines is 1. The summed E-state index contributed by atoms with van der Waals surface area (Å²) in [6, 6.07) is 0.872. The van der Waals surface area contributed by atoms with Gasteiger partial charge in [0.25, 0.3) is 0 Å². The van der Waals surface area contributed by atoms with Crippen LogP contribution in [0.3, 0.4) is 0 Å². The minimum absolute atomic E-state index is 0.436. The summed E-state index contributed by atoms with van der Waals surface area (Å²) in [4.78, 5) is 22.8. The van der Waals surface area contributed by atoms with E-state index in [1.807, 2.05) is 5.32 Å². The molecule has 0 unspecified atom stereocenters. The average molecular weight is 287 g/mol. The summed E-state index contributed by atoms with van der Waals surface area (Å²) in [6.45, 7) is 3.15. The summed E-state index contributed by atoms with van der Waals surface area (Å²) in [6.07, 6.45) is 0. The smallest absolute Gasteiger partial charge is 0.307 e. The van der Waals surface area contributed by atoms with Crippen LogP contribution in [0.25, 0.3) is 0 Å². The summed E-state index contributed by atoms with van der Waals surface area (Å²) in [5.41, 5.74) is -1.56. The molecule has 1 aromatic rings. The Balaban J connectivity index is 2.20. The van der Waals surface area contributed by atoms with Crippen molar-refractivity contribution in [2.45, 2.75) is 13.8 Å². The molecule has 2 atom stereocenters. The first-order chi connectivity index (χ1) is 9.16. The quantitative estimate of drug-likeness (QED) is 0.897. The number of carboxylic acid groups (broad SMARTS) is 1. The molecule has 0 spiro atoms. The predicted octanol–water partition coefficient (Wildman–Crippen LogP) is 2.40. The Labute approximate surface area is 112 Å². The number of carbonyl (C=O) groups is 2. The van der Waals surface area contributed by atoms with Crippen LogP contribution in [0.4, 0.5) is 18.9 Å². The molecule has 108 valence electrons. The lowest BCUT2D eigenvalue weighted by atomic mass is 10.1. The van der Waals surface area contributed by atoms with Crippen LogP contribution >= 0.6 is 0 Å². The van der Waals surface area contributed by atoms with Gasteiger partial charge in [-0.15, -0.1) is 0 Å². The number of amides is 1. The highest BCUT2D eigenvalue weighted by atomic mass is 19.1. The van der Waals surface area contributed by atoms with Crippen molar-refractivity contribution in [3.63, 3.8) is 0 Å². The van der Waals surface area contributed by atoms with E-state index in [0.717, 1.165) is 0 Å². The molecule has 7 heteroatoms. The maximum absolute atomic E-state index is 13.4. The molecule has 4 nitrogen and oxygen atoms in total. The molecule has 20 heavy (non-hydrogen) atoms. The molecule has 1 aromatic carbocycles. The van der Waals surface area contributed by atoms with E-state index >= 15 is 0 Å². The van der Waals surface area contributed by atoms with Gasteiger partial charge in [0.05, 0.1) is 11.8 Å². The summed E-state index contributed by atoms with van der Waals surface area (Å²) in [7, 11) is 0. The first-order valence-electron chi connectivity index (χ1n) is 5.84. The van der Waals surface area contributed by atoms with Gasteiger partial charge in [-0.1, -0.05) is 13.8 Å². The zero-order valence-electron chi connectivity index (χ0n) is 10.7. The molecule has 1 saturated carbocycles. The Morgan fingerprint density at radius 3 is 2.05 bits per heavy atom. The van der Waals surface area contributed by atoms with E-state index in [0.29, 0.717) is 12.1 Å². The number of rotatable bonds is 3. The fourth-order valence-corrected chi connectivity index (χ4v) is 2.45. The number of nitrogens with one attached hydrogen (secondary N) is 1. The fraction of sp³-hybridized carbons (Fsp3) is 0.385. The number of halogens is 3. The third-order valence-electron chi connectivity index (χ3n) is 3.63. The van der Waals surface area contributed by atoms with Gasteiger partial charge in [-0.2, -0.15) is 0 Å². The van der Waals surface area contributed by atoms with Crippen LogP contribution in [-0.2, 0) is 9.59 Å². The van der Waals surface area contributed by atoms with Crippen molar-refractivity contribution in [2.24, 2.45) is 17.3 Å². The SMILES string of the molecule is CC1(C)[C@H](C(=O)O)[C@@H]1C(=O)Nc1c(F)cc(F)cc1F. The average Bonchev–Trinajstić information content (AvgIpc) is 2.86. The highest BCUT2D eigenvalue weighted by molar-refractivity contribution is 5.99. The highest BCUT2D eigenvalue weighted by Gasteiger charge is 2.66. The third kappa shape index (κ3) is 2.23. The number of carbonyl (C=O) groups excluding carboxylic acids is 1. The standard InChI is InChI=1S/C13H12F3NO3/c1-13(2)8(9(13)12(19)20)11(18)17-10-6(15)3-5(14)4-7(10)16/h3-4,8-9H,1-2H3,(H,17,18)(H,19,20)/t8-,9+/m1/s1. The van der Waals surface area contributed by atoms with Crippen LogP contribution in [0.2, 0.25) is 0 Å². The van der Waals surface area contributed by atoms with Crippen LogP contribution in [0, 0.1) is 34.7 Å². The van der Waals surface area contributed by atoms with Crippen molar-refractivity contribution in [1.29, 1.82) is 0 Å². The maximum atomic E-state index is 13.4. The van der Waals surface area contributed by atoms with Gasteiger partial charge in [0.15, 0.2) is 11.6 Å². The van der Waals surface area contributed by atoms with Crippen molar-refractivity contribution in [3.8, 4) is 0 Å². The molecule has 0 radical (unpaired) electrons.